The number of thioether (sulfide) groups is 1. The molecule has 8 heteroatoms. The van der Waals surface area contributed by atoms with Crippen LogP contribution in [0.25, 0.3) is 0 Å². The van der Waals surface area contributed by atoms with Gasteiger partial charge in [-0.05, 0) is 34.5 Å². The summed E-state index contributed by atoms with van der Waals surface area (Å²) >= 11 is 6.65. The van der Waals surface area contributed by atoms with Gasteiger partial charge in [0, 0.05) is 18.0 Å². The Morgan fingerprint density at radius 1 is 1.63 bits per heavy atom. The lowest BCUT2D eigenvalue weighted by Gasteiger charge is -2.20. The second-order valence-corrected chi connectivity index (χ2v) is 7.73. The van der Waals surface area contributed by atoms with Crippen LogP contribution in [0.1, 0.15) is 23.5 Å². The van der Waals surface area contributed by atoms with Gasteiger partial charge in [-0.2, -0.15) is 0 Å². The molecule has 0 aliphatic carbocycles. The summed E-state index contributed by atoms with van der Waals surface area (Å²) in [5.74, 6) is 0. The van der Waals surface area contributed by atoms with E-state index in [1.807, 2.05) is 6.07 Å². The third-order valence-electron chi connectivity index (χ3n) is 2.81. The van der Waals surface area contributed by atoms with Gasteiger partial charge in [0.1, 0.15) is 0 Å². The lowest BCUT2D eigenvalue weighted by Crippen LogP contribution is -2.25. The topological polar surface area (TPSA) is 76.7 Å². The Morgan fingerprint density at radius 3 is 2.84 bits per heavy atom. The zero-order chi connectivity index (χ0) is 14.0. The number of thiophene rings is 1. The lowest BCUT2D eigenvalue weighted by atomic mass is 10.1. The van der Waals surface area contributed by atoms with Crippen LogP contribution in [0.4, 0.5) is 0 Å². The zero-order valence-electron chi connectivity index (χ0n) is 10.6. The second kappa shape index (κ2) is 6.25. The highest BCUT2D eigenvalue weighted by atomic mass is 79.9. The first-order valence-corrected chi connectivity index (χ1v) is 8.30. The first-order valence-electron chi connectivity index (χ1n) is 5.81. The molecular formula is C11H15BrN4OS2. The first-order chi connectivity index (χ1) is 9.02. The Hall–Kier alpha value is -0.570. The van der Waals surface area contributed by atoms with Crippen LogP contribution in [-0.2, 0) is 7.05 Å². The fourth-order valence-electron chi connectivity index (χ4n) is 1.60. The van der Waals surface area contributed by atoms with Crippen molar-refractivity contribution in [3.63, 3.8) is 0 Å². The van der Waals surface area contributed by atoms with Crippen LogP contribution >= 0.6 is 39.0 Å². The van der Waals surface area contributed by atoms with E-state index in [2.05, 4.69) is 39.1 Å². The van der Waals surface area contributed by atoms with Crippen LogP contribution in [-0.4, -0.2) is 20.8 Å². The molecule has 2 atom stereocenters. The molecule has 0 bridgehead atoms. The SMILES string of the molecule is CCC(N)C(Sc1n[nH]c(=O)n1C)c1ccc(Br)s1. The summed E-state index contributed by atoms with van der Waals surface area (Å²) in [5, 5.41) is 7.22. The Labute approximate surface area is 127 Å². The molecule has 0 aliphatic heterocycles. The van der Waals surface area contributed by atoms with Crippen molar-refractivity contribution in [2.45, 2.75) is 29.8 Å². The molecule has 19 heavy (non-hydrogen) atoms. The molecule has 0 amide bonds. The molecule has 0 spiro atoms. The van der Waals surface area contributed by atoms with Crippen LogP contribution < -0.4 is 11.4 Å². The average molecular weight is 363 g/mol. The molecule has 2 aromatic rings. The fourth-order valence-corrected chi connectivity index (χ4v) is 4.50. The Bertz CT molecular complexity index is 606. The van der Waals surface area contributed by atoms with Gasteiger partial charge in [-0.3, -0.25) is 4.57 Å². The van der Waals surface area contributed by atoms with E-state index in [0.717, 1.165) is 10.2 Å². The minimum Gasteiger partial charge on any atom is -0.326 e. The molecule has 0 radical (unpaired) electrons. The third kappa shape index (κ3) is 3.31. The van der Waals surface area contributed by atoms with Gasteiger partial charge >= 0.3 is 5.69 Å². The number of aromatic amines is 1. The summed E-state index contributed by atoms with van der Waals surface area (Å²) < 4.78 is 2.58. The van der Waals surface area contributed by atoms with Crippen LogP contribution in [0.3, 0.4) is 0 Å². The number of hydrogen-bond donors (Lipinski definition) is 2. The number of halogens is 1. The fraction of sp³-hybridized carbons (Fsp3) is 0.455. The number of nitrogens with zero attached hydrogens (tertiary/aromatic N) is 2. The van der Waals surface area contributed by atoms with Crippen LogP contribution in [0.5, 0.6) is 0 Å². The molecule has 2 heterocycles. The van der Waals surface area contributed by atoms with Gasteiger partial charge in [0.25, 0.3) is 0 Å². The number of nitrogens with one attached hydrogen (secondary N) is 1. The zero-order valence-corrected chi connectivity index (χ0v) is 13.8. The Balaban J connectivity index is 2.29. The van der Waals surface area contributed by atoms with Gasteiger partial charge in [-0.25, -0.2) is 9.89 Å². The smallest absolute Gasteiger partial charge is 0.326 e. The molecule has 5 nitrogen and oxygen atoms in total. The molecule has 0 aliphatic rings. The van der Waals surface area contributed by atoms with Crippen LogP contribution in [0.2, 0.25) is 0 Å². The van der Waals surface area contributed by atoms with Gasteiger partial charge in [0.05, 0.1) is 9.04 Å². The largest absolute Gasteiger partial charge is 0.343 e. The van der Waals surface area contributed by atoms with Gasteiger partial charge in [-0.15, -0.1) is 16.4 Å². The maximum atomic E-state index is 11.4. The van der Waals surface area contributed by atoms with E-state index >= 15 is 0 Å². The minimum atomic E-state index is -0.210. The van der Waals surface area contributed by atoms with Gasteiger partial charge in [0.2, 0.25) is 0 Å². The molecule has 0 fully saturated rings. The van der Waals surface area contributed by atoms with E-state index in [4.69, 9.17) is 5.73 Å². The predicted octanol–water partition coefficient (Wildman–Crippen LogP) is 2.50. The molecular weight excluding hydrogens is 348 g/mol. The highest BCUT2D eigenvalue weighted by Gasteiger charge is 2.24. The summed E-state index contributed by atoms with van der Waals surface area (Å²) in [6, 6.07) is 4.09. The first kappa shape index (κ1) is 14.8. The normalized spacial score (nSPS) is 14.5. The highest BCUT2D eigenvalue weighted by Crippen LogP contribution is 2.40. The minimum absolute atomic E-state index is 0.0161. The van der Waals surface area contributed by atoms with E-state index in [1.54, 1.807) is 18.4 Å². The van der Waals surface area contributed by atoms with Crippen molar-refractivity contribution in [1.29, 1.82) is 0 Å². The quantitative estimate of drug-likeness (QED) is 0.801. The van der Waals surface area contributed by atoms with Crippen molar-refractivity contribution in [3.05, 3.63) is 31.3 Å². The number of H-pyrrole nitrogens is 1. The van der Waals surface area contributed by atoms with Gasteiger partial charge in [-0.1, -0.05) is 18.7 Å². The molecule has 0 aromatic carbocycles. The number of nitrogens with two attached hydrogens (primary N) is 1. The molecule has 0 saturated heterocycles. The Kier molecular flexibility index (Phi) is 4.88. The highest BCUT2D eigenvalue weighted by molar-refractivity contribution is 9.11. The van der Waals surface area contributed by atoms with Crippen molar-refractivity contribution in [1.82, 2.24) is 14.8 Å². The predicted molar refractivity (Wildman–Crippen MR) is 82.7 cm³/mol. The molecule has 2 rings (SSSR count). The maximum absolute atomic E-state index is 11.4. The summed E-state index contributed by atoms with van der Waals surface area (Å²) in [5.41, 5.74) is 6.00. The summed E-state index contributed by atoms with van der Waals surface area (Å²) in [4.78, 5) is 12.6. The number of aromatic nitrogens is 3. The van der Waals surface area contributed by atoms with Crippen molar-refractivity contribution in [2.24, 2.45) is 12.8 Å². The Morgan fingerprint density at radius 2 is 2.37 bits per heavy atom. The monoisotopic (exact) mass is 362 g/mol. The molecule has 2 aromatic heterocycles. The standard InChI is InChI=1S/C11H15BrN4OS2/c1-3-6(13)9(7-4-5-8(12)18-7)19-11-15-14-10(17)16(11)2/h4-6,9H,3,13H2,1-2H3,(H,14,17). The third-order valence-corrected chi connectivity index (χ3v) is 6.10. The van der Waals surface area contributed by atoms with E-state index in [-0.39, 0.29) is 17.0 Å². The average Bonchev–Trinajstić information content (AvgIpc) is 2.95. The van der Waals surface area contributed by atoms with Gasteiger partial charge < -0.3 is 5.73 Å². The van der Waals surface area contributed by atoms with Crippen molar-refractivity contribution >= 4 is 39.0 Å². The second-order valence-electron chi connectivity index (χ2n) is 4.12. The summed E-state index contributed by atoms with van der Waals surface area (Å²) in [6.45, 7) is 2.06. The van der Waals surface area contributed by atoms with Crippen molar-refractivity contribution in [2.75, 3.05) is 0 Å². The lowest BCUT2D eigenvalue weighted by molar-refractivity contribution is 0.635. The van der Waals surface area contributed by atoms with Crippen molar-refractivity contribution in [3.8, 4) is 0 Å². The van der Waals surface area contributed by atoms with E-state index in [1.165, 1.54) is 21.2 Å². The maximum Gasteiger partial charge on any atom is 0.343 e. The van der Waals surface area contributed by atoms with E-state index < -0.39 is 0 Å². The van der Waals surface area contributed by atoms with Crippen LogP contribution in [0.15, 0.2) is 25.9 Å². The van der Waals surface area contributed by atoms with E-state index in [0.29, 0.717) is 5.16 Å². The van der Waals surface area contributed by atoms with E-state index in [9.17, 15) is 4.79 Å². The molecule has 104 valence electrons. The summed E-state index contributed by atoms with van der Waals surface area (Å²) in [6.07, 6.45) is 0.867. The molecule has 0 saturated carbocycles. The van der Waals surface area contributed by atoms with Crippen molar-refractivity contribution < 1.29 is 0 Å². The number of hydrogen-bond acceptors (Lipinski definition) is 5. The molecule has 2 unspecified atom stereocenters. The summed E-state index contributed by atoms with van der Waals surface area (Å²) in [7, 11) is 1.70. The number of rotatable bonds is 5. The van der Waals surface area contributed by atoms with Crippen LogP contribution in [0, 0.1) is 0 Å². The van der Waals surface area contributed by atoms with Gasteiger partial charge in [0.15, 0.2) is 5.16 Å². The molecule has 3 N–H and O–H groups in total.